The van der Waals surface area contributed by atoms with Gasteiger partial charge in [-0.15, -0.1) is 10.2 Å². The van der Waals surface area contributed by atoms with Crippen molar-refractivity contribution in [2.45, 2.75) is 61.9 Å². The second kappa shape index (κ2) is 9.07. The van der Waals surface area contributed by atoms with Gasteiger partial charge in [0, 0.05) is 6.04 Å². The Morgan fingerprint density at radius 3 is 2.73 bits per heavy atom. The average Bonchev–Trinajstić information content (AvgIpc) is 2.96. The molecule has 1 N–H and O–H groups in total. The van der Waals surface area contributed by atoms with E-state index in [1.54, 1.807) is 13.4 Å². The Balaban J connectivity index is 1.67. The van der Waals surface area contributed by atoms with Crippen molar-refractivity contribution >= 4 is 17.7 Å². The van der Waals surface area contributed by atoms with Crippen molar-refractivity contribution in [2.24, 2.45) is 0 Å². The zero-order valence-corrected chi connectivity index (χ0v) is 16.2. The molecule has 140 valence electrons. The lowest BCUT2D eigenvalue weighted by Crippen LogP contribution is -2.39. The number of benzene rings is 1. The maximum absolute atomic E-state index is 12.6. The van der Waals surface area contributed by atoms with Crippen LogP contribution in [0.5, 0.6) is 5.75 Å². The highest BCUT2D eigenvalue weighted by molar-refractivity contribution is 8.00. The molecule has 1 unspecified atom stereocenters. The number of hydrogen-bond donors (Lipinski definition) is 1. The SMILES string of the molecule is COc1ccccc1-n1cnnc1SC(C)C(=O)NC1CCCCCC1. The number of hydrogen-bond acceptors (Lipinski definition) is 5. The van der Waals surface area contributed by atoms with Crippen LogP contribution < -0.4 is 10.1 Å². The van der Waals surface area contributed by atoms with Crippen LogP contribution in [-0.4, -0.2) is 39.1 Å². The van der Waals surface area contributed by atoms with E-state index in [1.165, 1.54) is 37.4 Å². The zero-order chi connectivity index (χ0) is 18.4. The van der Waals surface area contributed by atoms with Crippen LogP contribution in [0.1, 0.15) is 45.4 Å². The number of carbonyl (C=O) groups is 1. The van der Waals surface area contributed by atoms with Gasteiger partial charge in [0.05, 0.1) is 18.0 Å². The number of aromatic nitrogens is 3. The fourth-order valence-electron chi connectivity index (χ4n) is 3.25. The molecular formula is C19H26N4O2S. The standard InChI is InChI=1S/C19H26N4O2S/c1-14(18(24)21-15-9-5-3-4-6-10-15)26-19-22-20-13-23(19)16-11-7-8-12-17(16)25-2/h7-8,11-15H,3-6,9-10H2,1-2H3,(H,21,24). The van der Waals surface area contributed by atoms with Gasteiger partial charge in [-0.3, -0.25) is 9.36 Å². The predicted molar refractivity (Wildman–Crippen MR) is 103 cm³/mol. The number of rotatable bonds is 6. The summed E-state index contributed by atoms with van der Waals surface area (Å²) in [6.45, 7) is 1.91. The van der Waals surface area contributed by atoms with Crippen LogP contribution in [0.2, 0.25) is 0 Å². The first-order valence-corrected chi connectivity index (χ1v) is 10.1. The molecule has 1 aliphatic carbocycles. The van der Waals surface area contributed by atoms with Crippen LogP contribution in [0.25, 0.3) is 5.69 Å². The number of methoxy groups -OCH3 is 1. The van der Waals surface area contributed by atoms with Crippen LogP contribution >= 0.6 is 11.8 Å². The van der Waals surface area contributed by atoms with Crippen LogP contribution in [0.3, 0.4) is 0 Å². The molecule has 1 fully saturated rings. The van der Waals surface area contributed by atoms with Gasteiger partial charge in [0.15, 0.2) is 5.16 Å². The minimum absolute atomic E-state index is 0.0662. The van der Waals surface area contributed by atoms with Gasteiger partial charge in [0.2, 0.25) is 5.91 Å². The Morgan fingerprint density at radius 1 is 1.27 bits per heavy atom. The second-order valence-electron chi connectivity index (χ2n) is 6.61. The summed E-state index contributed by atoms with van der Waals surface area (Å²) in [4.78, 5) is 12.6. The lowest BCUT2D eigenvalue weighted by molar-refractivity contribution is -0.121. The van der Waals surface area contributed by atoms with Crippen molar-refractivity contribution in [3.8, 4) is 11.4 Å². The van der Waals surface area contributed by atoms with Crippen molar-refractivity contribution in [2.75, 3.05) is 7.11 Å². The molecule has 1 saturated carbocycles. The van der Waals surface area contributed by atoms with Crippen LogP contribution in [-0.2, 0) is 4.79 Å². The van der Waals surface area contributed by atoms with Crippen LogP contribution in [0, 0.1) is 0 Å². The average molecular weight is 375 g/mol. The number of nitrogens with zero attached hydrogens (tertiary/aromatic N) is 3. The fourth-order valence-corrected chi connectivity index (χ4v) is 4.10. The summed E-state index contributed by atoms with van der Waals surface area (Å²) < 4.78 is 7.28. The van der Waals surface area contributed by atoms with Gasteiger partial charge in [0.25, 0.3) is 0 Å². The van der Waals surface area contributed by atoms with E-state index in [2.05, 4.69) is 15.5 Å². The summed E-state index contributed by atoms with van der Waals surface area (Å²) >= 11 is 1.41. The van der Waals surface area contributed by atoms with E-state index in [0.717, 1.165) is 24.3 Å². The van der Waals surface area contributed by atoms with E-state index in [-0.39, 0.29) is 11.2 Å². The molecule has 6 nitrogen and oxygen atoms in total. The normalized spacial score (nSPS) is 16.7. The molecule has 3 rings (SSSR count). The number of thioether (sulfide) groups is 1. The minimum atomic E-state index is -0.240. The largest absolute Gasteiger partial charge is 0.495 e. The monoisotopic (exact) mass is 374 g/mol. The molecule has 0 aliphatic heterocycles. The van der Waals surface area contributed by atoms with Gasteiger partial charge >= 0.3 is 0 Å². The summed E-state index contributed by atoms with van der Waals surface area (Å²) in [6.07, 6.45) is 8.78. The predicted octanol–water partition coefficient (Wildman–Crippen LogP) is 3.60. The second-order valence-corrected chi connectivity index (χ2v) is 7.92. The maximum Gasteiger partial charge on any atom is 0.233 e. The molecule has 0 radical (unpaired) electrons. The highest BCUT2D eigenvalue weighted by Gasteiger charge is 2.22. The number of ether oxygens (including phenoxy) is 1. The van der Waals surface area contributed by atoms with Crippen molar-refractivity contribution in [3.63, 3.8) is 0 Å². The first kappa shape index (κ1) is 18.8. The number of para-hydroxylation sites is 2. The van der Waals surface area contributed by atoms with E-state index in [9.17, 15) is 4.79 Å². The quantitative estimate of drug-likeness (QED) is 0.618. The summed E-state index contributed by atoms with van der Waals surface area (Å²) in [5.74, 6) is 0.807. The van der Waals surface area contributed by atoms with Gasteiger partial charge in [-0.25, -0.2) is 0 Å². The maximum atomic E-state index is 12.6. The highest BCUT2D eigenvalue weighted by atomic mass is 32.2. The van der Waals surface area contributed by atoms with E-state index in [0.29, 0.717) is 11.2 Å². The van der Waals surface area contributed by atoms with E-state index in [4.69, 9.17) is 4.74 Å². The van der Waals surface area contributed by atoms with E-state index < -0.39 is 0 Å². The van der Waals surface area contributed by atoms with E-state index >= 15 is 0 Å². The molecule has 0 spiro atoms. The summed E-state index contributed by atoms with van der Waals surface area (Å²) in [6, 6.07) is 8.01. The van der Waals surface area contributed by atoms with Crippen molar-refractivity contribution in [1.82, 2.24) is 20.1 Å². The molecule has 1 amide bonds. The molecule has 1 aromatic heterocycles. The Hall–Kier alpha value is -2.02. The van der Waals surface area contributed by atoms with Gasteiger partial charge in [-0.05, 0) is 31.9 Å². The van der Waals surface area contributed by atoms with Crippen LogP contribution in [0.15, 0.2) is 35.7 Å². The summed E-state index contributed by atoms with van der Waals surface area (Å²) in [5, 5.41) is 11.9. The molecule has 7 heteroatoms. The summed E-state index contributed by atoms with van der Waals surface area (Å²) in [5.41, 5.74) is 0.860. The lowest BCUT2D eigenvalue weighted by atomic mass is 10.1. The topological polar surface area (TPSA) is 69.0 Å². The van der Waals surface area contributed by atoms with Gasteiger partial charge in [-0.1, -0.05) is 49.6 Å². The third-order valence-corrected chi connectivity index (χ3v) is 5.77. The first-order chi connectivity index (χ1) is 12.7. The van der Waals surface area contributed by atoms with Gasteiger partial charge < -0.3 is 10.1 Å². The van der Waals surface area contributed by atoms with Crippen molar-refractivity contribution in [3.05, 3.63) is 30.6 Å². The van der Waals surface area contributed by atoms with Crippen molar-refractivity contribution < 1.29 is 9.53 Å². The Labute approximate surface area is 158 Å². The zero-order valence-electron chi connectivity index (χ0n) is 15.4. The molecule has 1 atom stereocenters. The lowest BCUT2D eigenvalue weighted by Gasteiger charge is -2.19. The smallest absolute Gasteiger partial charge is 0.233 e. The van der Waals surface area contributed by atoms with Crippen LogP contribution in [0.4, 0.5) is 0 Å². The number of nitrogens with one attached hydrogen (secondary N) is 1. The van der Waals surface area contributed by atoms with Gasteiger partial charge in [-0.2, -0.15) is 0 Å². The Kier molecular flexibility index (Phi) is 6.55. The molecule has 2 aromatic rings. The minimum Gasteiger partial charge on any atom is -0.495 e. The fraction of sp³-hybridized carbons (Fsp3) is 0.526. The molecular weight excluding hydrogens is 348 g/mol. The molecule has 1 heterocycles. The Morgan fingerprint density at radius 2 is 2.00 bits per heavy atom. The third-order valence-electron chi connectivity index (χ3n) is 4.71. The third kappa shape index (κ3) is 4.58. The van der Waals surface area contributed by atoms with Gasteiger partial charge in [0.1, 0.15) is 12.1 Å². The first-order valence-electron chi connectivity index (χ1n) is 9.19. The highest BCUT2D eigenvalue weighted by Crippen LogP contribution is 2.29. The molecule has 0 saturated heterocycles. The molecule has 0 bridgehead atoms. The molecule has 1 aliphatic rings. The summed E-state index contributed by atoms with van der Waals surface area (Å²) in [7, 11) is 1.64. The number of carbonyl (C=O) groups excluding carboxylic acids is 1. The number of amides is 1. The van der Waals surface area contributed by atoms with Crippen molar-refractivity contribution in [1.29, 1.82) is 0 Å². The molecule has 26 heavy (non-hydrogen) atoms. The van der Waals surface area contributed by atoms with E-state index in [1.807, 2.05) is 35.8 Å². The Bertz CT molecular complexity index is 726. The molecule has 1 aromatic carbocycles.